The SMILES string of the molecule is CC=Cc1ccc(OCC(=O)NNc2ccccc2C(F)(F)F)c(OC)c1. The van der Waals surface area contributed by atoms with Crippen molar-refractivity contribution in [2.45, 2.75) is 13.1 Å². The van der Waals surface area contributed by atoms with Gasteiger partial charge in [0, 0.05) is 0 Å². The van der Waals surface area contributed by atoms with Crippen molar-refractivity contribution in [3.8, 4) is 11.5 Å². The number of carbonyl (C=O) groups is 1. The summed E-state index contributed by atoms with van der Waals surface area (Å²) in [5.41, 5.74) is 4.22. The third kappa shape index (κ3) is 5.67. The highest BCUT2D eigenvalue weighted by Crippen LogP contribution is 2.34. The Balaban J connectivity index is 1.96. The summed E-state index contributed by atoms with van der Waals surface area (Å²) < 4.78 is 49.4. The average Bonchev–Trinajstić information content (AvgIpc) is 2.65. The first-order valence-electron chi connectivity index (χ1n) is 7.99. The molecule has 2 aromatic rings. The highest BCUT2D eigenvalue weighted by Gasteiger charge is 2.33. The number of hydrogen-bond donors (Lipinski definition) is 2. The number of allylic oxidation sites excluding steroid dienone is 1. The van der Waals surface area contributed by atoms with E-state index < -0.39 is 24.3 Å². The number of para-hydroxylation sites is 1. The van der Waals surface area contributed by atoms with Gasteiger partial charge in [0.2, 0.25) is 0 Å². The molecule has 0 aliphatic rings. The summed E-state index contributed by atoms with van der Waals surface area (Å²) >= 11 is 0. The Labute approximate surface area is 154 Å². The van der Waals surface area contributed by atoms with Crippen LogP contribution in [0.3, 0.4) is 0 Å². The molecule has 144 valence electrons. The van der Waals surface area contributed by atoms with E-state index in [-0.39, 0.29) is 5.69 Å². The highest BCUT2D eigenvalue weighted by atomic mass is 19.4. The molecule has 2 aromatic carbocycles. The van der Waals surface area contributed by atoms with Gasteiger partial charge in [0.05, 0.1) is 18.4 Å². The minimum Gasteiger partial charge on any atom is -0.493 e. The molecule has 0 aromatic heterocycles. The fourth-order valence-corrected chi connectivity index (χ4v) is 2.26. The molecular formula is C19H19F3N2O3. The van der Waals surface area contributed by atoms with Crippen molar-refractivity contribution in [2.75, 3.05) is 19.1 Å². The van der Waals surface area contributed by atoms with Crippen molar-refractivity contribution >= 4 is 17.7 Å². The predicted molar refractivity (Wildman–Crippen MR) is 96.4 cm³/mol. The molecule has 0 aliphatic carbocycles. The Morgan fingerprint density at radius 3 is 2.56 bits per heavy atom. The lowest BCUT2D eigenvalue weighted by Gasteiger charge is -2.15. The van der Waals surface area contributed by atoms with Crippen LogP contribution in [0.15, 0.2) is 48.5 Å². The Morgan fingerprint density at radius 2 is 1.89 bits per heavy atom. The van der Waals surface area contributed by atoms with Gasteiger partial charge in [-0.3, -0.25) is 15.6 Å². The summed E-state index contributed by atoms with van der Waals surface area (Å²) in [6.45, 7) is 1.48. The van der Waals surface area contributed by atoms with Gasteiger partial charge < -0.3 is 9.47 Å². The molecule has 0 saturated carbocycles. The van der Waals surface area contributed by atoms with Crippen molar-refractivity contribution in [3.63, 3.8) is 0 Å². The Hall–Kier alpha value is -3.16. The molecule has 2 rings (SSSR count). The lowest BCUT2D eigenvalue weighted by molar-refractivity contribution is -0.137. The van der Waals surface area contributed by atoms with Crippen LogP contribution in [-0.4, -0.2) is 19.6 Å². The van der Waals surface area contributed by atoms with Crippen LogP contribution in [0.1, 0.15) is 18.1 Å². The molecule has 1 amide bonds. The molecule has 0 unspecified atom stereocenters. The van der Waals surface area contributed by atoms with E-state index in [1.54, 1.807) is 18.2 Å². The minimum atomic E-state index is -4.53. The molecule has 0 heterocycles. The number of amides is 1. The minimum absolute atomic E-state index is 0.258. The number of methoxy groups -OCH3 is 1. The molecule has 27 heavy (non-hydrogen) atoms. The van der Waals surface area contributed by atoms with E-state index >= 15 is 0 Å². The van der Waals surface area contributed by atoms with Crippen LogP contribution >= 0.6 is 0 Å². The lowest BCUT2D eigenvalue weighted by Crippen LogP contribution is -2.34. The largest absolute Gasteiger partial charge is 0.493 e. The number of halogens is 3. The van der Waals surface area contributed by atoms with Crippen LogP contribution in [0.25, 0.3) is 6.08 Å². The molecular weight excluding hydrogens is 361 g/mol. The van der Waals surface area contributed by atoms with E-state index in [1.807, 2.05) is 19.1 Å². The van der Waals surface area contributed by atoms with Gasteiger partial charge in [-0.2, -0.15) is 13.2 Å². The first kappa shape index (κ1) is 20.2. The van der Waals surface area contributed by atoms with E-state index in [4.69, 9.17) is 9.47 Å². The van der Waals surface area contributed by atoms with E-state index in [1.165, 1.54) is 25.3 Å². The van der Waals surface area contributed by atoms with Gasteiger partial charge in [0.1, 0.15) is 0 Å². The summed E-state index contributed by atoms with van der Waals surface area (Å²) in [5.74, 6) is 0.136. The summed E-state index contributed by atoms with van der Waals surface area (Å²) in [6, 6.07) is 10.0. The zero-order chi connectivity index (χ0) is 19.9. The van der Waals surface area contributed by atoms with Crippen LogP contribution in [0.5, 0.6) is 11.5 Å². The zero-order valence-corrected chi connectivity index (χ0v) is 14.8. The van der Waals surface area contributed by atoms with Gasteiger partial charge in [-0.1, -0.05) is 30.4 Å². The van der Waals surface area contributed by atoms with Crippen LogP contribution in [0, 0.1) is 0 Å². The van der Waals surface area contributed by atoms with E-state index in [9.17, 15) is 18.0 Å². The maximum atomic E-state index is 12.9. The number of carbonyl (C=O) groups excluding carboxylic acids is 1. The Kier molecular flexibility index (Phi) is 6.70. The zero-order valence-electron chi connectivity index (χ0n) is 14.8. The number of ether oxygens (including phenoxy) is 2. The molecule has 0 aliphatic heterocycles. The number of nitrogens with one attached hydrogen (secondary N) is 2. The van der Waals surface area contributed by atoms with E-state index in [0.29, 0.717) is 11.5 Å². The van der Waals surface area contributed by atoms with Crippen LogP contribution in [-0.2, 0) is 11.0 Å². The predicted octanol–water partition coefficient (Wildman–Crippen LogP) is 4.27. The number of hydrogen-bond acceptors (Lipinski definition) is 4. The Bertz CT molecular complexity index is 820. The van der Waals surface area contributed by atoms with Crippen molar-refractivity contribution in [3.05, 3.63) is 59.7 Å². The number of hydrazine groups is 1. The second-order valence-corrected chi connectivity index (χ2v) is 5.42. The summed E-state index contributed by atoms with van der Waals surface area (Å²) in [4.78, 5) is 11.9. The van der Waals surface area contributed by atoms with Crippen molar-refractivity contribution in [2.24, 2.45) is 0 Å². The molecule has 8 heteroatoms. The first-order chi connectivity index (χ1) is 12.8. The molecule has 0 spiro atoms. The van der Waals surface area contributed by atoms with Crippen molar-refractivity contribution in [1.82, 2.24) is 5.43 Å². The number of anilines is 1. The van der Waals surface area contributed by atoms with Crippen molar-refractivity contribution in [1.29, 1.82) is 0 Å². The van der Waals surface area contributed by atoms with Gasteiger partial charge >= 0.3 is 6.18 Å². The van der Waals surface area contributed by atoms with Gasteiger partial charge in [0.25, 0.3) is 5.91 Å². The number of benzene rings is 2. The third-order valence-corrected chi connectivity index (χ3v) is 3.47. The fourth-order valence-electron chi connectivity index (χ4n) is 2.26. The molecule has 2 N–H and O–H groups in total. The van der Waals surface area contributed by atoms with Gasteiger partial charge in [-0.25, -0.2) is 0 Å². The van der Waals surface area contributed by atoms with Crippen LogP contribution in [0.4, 0.5) is 18.9 Å². The second kappa shape index (κ2) is 8.98. The normalized spacial score (nSPS) is 11.3. The lowest BCUT2D eigenvalue weighted by atomic mass is 10.2. The molecule has 0 fully saturated rings. The Morgan fingerprint density at radius 1 is 1.15 bits per heavy atom. The molecule has 0 saturated heterocycles. The summed E-state index contributed by atoms with van der Waals surface area (Å²) in [7, 11) is 1.47. The molecule has 5 nitrogen and oxygen atoms in total. The maximum Gasteiger partial charge on any atom is 0.418 e. The summed E-state index contributed by atoms with van der Waals surface area (Å²) in [6.07, 6.45) is -0.791. The standard InChI is InChI=1S/C19H19F3N2O3/c1-3-6-13-9-10-16(17(11-13)26-2)27-12-18(25)24-23-15-8-5-4-7-14(15)19(20,21)22/h3-11,23H,12H2,1-2H3,(H,24,25). The van der Waals surface area contributed by atoms with Gasteiger partial charge in [0.15, 0.2) is 18.1 Å². The van der Waals surface area contributed by atoms with Gasteiger partial charge in [-0.15, -0.1) is 0 Å². The molecule has 0 radical (unpaired) electrons. The van der Waals surface area contributed by atoms with E-state index in [2.05, 4.69) is 10.9 Å². The third-order valence-electron chi connectivity index (χ3n) is 3.47. The molecule has 0 atom stereocenters. The highest BCUT2D eigenvalue weighted by molar-refractivity contribution is 5.79. The second-order valence-electron chi connectivity index (χ2n) is 5.42. The first-order valence-corrected chi connectivity index (χ1v) is 7.99. The quantitative estimate of drug-likeness (QED) is 0.705. The average molecular weight is 380 g/mol. The smallest absolute Gasteiger partial charge is 0.418 e. The van der Waals surface area contributed by atoms with Crippen LogP contribution in [0.2, 0.25) is 0 Å². The maximum absolute atomic E-state index is 12.9. The van der Waals surface area contributed by atoms with E-state index in [0.717, 1.165) is 11.6 Å². The fraction of sp³-hybridized carbons (Fsp3) is 0.211. The number of rotatable bonds is 7. The summed E-state index contributed by atoms with van der Waals surface area (Å²) in [5, 5.41) is 0. The number of alkyl halides is 3. The molecule has 0 bridgehead atoms. The van der Waals surface area contributed by atoms with Gasteiger partial charge in [-0.05, 0) is 36.8 Å². The van der Waals surface area contributed by atoms with Crippen molar-refractivity contribution < 1.29 is 27.4 Å². The van der Waals surface area contributed by atoms with Crippen LogP contribution < -0.4 is 20.3 Å². The monoisotopic (exact) mass is 380 g/mol. The topological polar surface area (TPSA) is 59.6 Å².